The lowest BCUT2D eigenvalue weighted by Crippen LogP contribution is -2.60. The molecule has 1 aliphatic carbocycles. The van der Waals surface area contributed by atoms with Crippen molar-refractivity contribution in [3.63, 3.8) is 0 Å². The van der Waals surface area contributed by atoms with Gasteiger partial charge in [-0.05, 0) is 56.3 Å². The van der Waals surface area contributed by atoms with Gasteiger partial charge in [0.2, 0.25) is 5.91 Å². The molecular formula is C27H38NO4Si. The normalized spacial score (nSPS) is 25.9. The molecule has 0 unspecified atom stereocenters. The van der Waals surface area contributed by atoms with E-state index < -0.39 is 37.6 Å². The summed E-state index contributed by atoms with van der Waals surface area (Å²) in [6.45, 7) is 18.2. The van der Waals surface area contributed by atoms with E-state index in [1.165, 1.54) is 0 Å². The molecule has 33 heavy (non-hydrogen) atoms. The van der Waals surface area contributed by atoms with Gasteiger partial charge >= 0.3 is 5.97 Å². The maximum absolute atomic E-state index is 13.9. The SMILES string of the molecule is CC(C)(C)C(=O)N1[C@H]([C]2[CH][CH][CH][CH]2)OC(=O)[C@@]1(C)[C@H](O[Si](C)(C)C(C)(C)C)c1ccccc1. The van der Waals surface area contributed by atoms with Crippen LogP contribution >= 0.6 is 0 Å². The van der Waals surface area contributed by atoms with Crippen LogP contribution in [-0.4, -0.2) is 36.9 Å². The molecule has 2 fully saturated rings. The summed E-state index contributed by atoms with van der Waals surface area (Å²) in [5.41, 5.74) is -1.18. The molecule has 1 aliphatic heterocycles. The number of cyclic esters (lactones) is 1. The minimum absolute atomic E-state index is 0.0805. The van der Waals surface area contributed by atoms with E-state index in [9.17, 15) is 9.59 Å². The monoisotopic (exact) mass is 468 g/mol. The first-order chi connectivity index (χ1) is 15.1. The van der Waals surface area contributed by atoms with Crippen LogP contribution in [0.5, 0.6) is 0 Å². The van der Waals surface area contributed by atoms with Crippen LogP contribution in [0.25, 0.3) is 0 Å². The fraction of sp³-hybridized carbons (Fsp3) is 0.519. The number of ether oxygens (including phenoxy) is 1. The minimum Gasteiger partial charge on any atom is -0.439 e. The van der Waals surface area contributed by atoms with E-state index in [0.717, 1.165) is 11.5 Å². The van der Waals surface area contributed by atoms with Crippen LogP contribution in [0.3, 0.4) is 0 Å². The quantitative estimate of drug-likeness (QED) is 0.413. The number of carbonyl (C=O) groups is 2. The third-order valence-electron chi connectivity index (χ3n) is 7.03. The van der Waals surface area contributed by atoms with E-state index in [1.54, 1.807) is 11.8 Å². The number of hydrogen-bond donors (Lipinski definition) is 0. The fourth-order valence-electron chi connectivity index (χ4n) is 3.90. The van der Waals surface area contributed by atoms with Crippen molar-refractivity contribution in [2.75, 3.05) is 0 Å². The molecule has 179 valence electrons. The average Bonchev–Trinajstić information content (AvgIpc) is 3.32. The first-order valence-corrected chi connectivity index (χ1v) is 14.5. The van der Waals surface area contributed by atoms with Crippen molar-refractivity contribution in [3.05, 3.63) is 67.5 Å². The summed E-state index contributed by atoms with van der Waals surface area (Å²) in [5, 5.41) is -0.0805. The number of esters is 1. The van der Waals surface area contributed by atoms with Gasteiger partial charge < -0.3 is 9.16 Å². The van der Waals surface area contributed by atoms with Gasteiger partial charge in [0.15, 0.2) is 20.1 Å². The Morgan fingerprint density at radius 1 is 1.06 bits per heavy atom. The van der Waals surface area contributed by atoms with Crippen molar-refractivity contribution in [2.24, 2.45) is 5.41 Å². The zero-order valence-corrected chi connectivity index (χ0v) is 22.4. The Morgan fingerprint density at radius 3 is 2.09 bits per heavy atom. The molecule has 3 rings (SSSR count). The van der Waals surface area contributed by atoms with E-state index >= 15 is 0 Å². The van der Waals surface area contributed by atoms with Gasteiger partial charge in [0.1, 0.15) is 6.10 Å². The molecule has 0 aromatic heterocycles. The third kappa shape index (κ3) is 4.79. The molecule has 0 N–H and O–H groups in total. The van der Waals surface area contributed by atoms with Gasteiger partial charge in [0.05, 0.1) is 0 Å². The first-order valence-electron chi connectivity index (χ1n) is 11.6. The fourth-order valence-corrected chi connectivity index (χ4v) is 5.21. The van der Waals surface area contributed by atoms with E-state index in [-0.39, 0.29) is 10.9 Å². The summed E-state index contributed by atoms with van der Waals surface area (Å²) >= 11 is 0. The van der Waals surface area contributed by atoms with Gasteiger partial charge in [-0.3, -0.25) is 9.69 Å². The molecule has 1 heterocycles. The van der Waals surface area contributed by atoms with Crippen molar-refractivity contribution < 1.29 is 18.8 Å². The molecule has 0 spiro atoms. The Balaban J connectivity index is 2.18. The van der Waals surface area contributed by atoms with Crippen LogP contribution in [0.1, 0.15) is 60.1 Å². The highest BCUT2D eigenvalue weighted by molar-refractivity contribution is 6.74. The lowest BCUT2D eigenvalue weighted by molar-refractivity contribution is -0.154. The number of amides is 1. The molecular weight excluding hydrogens is 430 g/mol. The largest absolute Gasteiger partial charge is 0.439 e. The number of nitrogens with zero attached hydrogens (tertiary/aromatic N) is 1. The molecule has 0 bridgehead atoms. The minimum atomic E-state index is -2.34. The maximum atomic E-state index is 13.9. The van der Waals surface area contributed by atoms with Gasteiger partial charge in [-0.2, -0.15) is 0 Å². The zero-order chi connectivity index (χ0) is 24.8. The van der Waals surface area contributed by atoms with Crippen LogP contribution in [0.15, 0.2) is 30.3 Å². The van der Waals surface area contributed by atoms with Gasteiger partial charge in [-0.25, -0.2) is 4.79 Å². The van der Waals surface area contributed by atoms with E-state index in [1.807, 2.05) is 76.8 Å². The molecule has 5 radical (unpaired) electrons. The zero-order valence-electron chi connectivity index (χ0n) is 21.4. The van der Waals surface area contributed by atoms with Crippen LogP contribution in [0.2, 0.25) is 18.1 Å². The van der Waals surface area contributed by atoms with Gasteiger partial charge in [-0.15, -0.1) is 0 Å². The highest BCUT2D eigenvalue weighted by Crippen LogP contribution is 2.50. The molecule has 1 saturated carbocycles. The Morgan fingerprint density at radius 2 is 1.61 bits per heavy atom. The summed E-state index contributed by atoms with van der Waals surface area (Å²) in [5.74, 6) is 0.185. The Bertz CT molecular complexity index is 864. The molecule has 1 aromatic carbocycles. The predicted molar refractivity (Wildman–Crippen MR) is 132 cm³/mol. The van der Waals surface area contributed by atoms with Crippen LogP contribution < -0.4 is 0 Å². The molecule has 6 heteroatoms. The second-order valence-electron chi connectivity index (χ2n) is 11.7. The van der Waals surface area contributed by atoms with Crippen molar-refractivity contribution in [1.82, 2.24) is 4.90 Å². The molecule has 5 nitrogen and oxygen atoms in total. The smallest absolute Gasteiger partial charge is 0.336 e. The predicted octanol–water partition coefficient (Wildman–Crippen LogP) is 5.67. The van der Waals surface area contributed by atoms with Crippen LogP contribution in [0, 0.1) is 37.0 Å². The number of hydrogen-bond acceptors (Lipinski definition) is 4. The van der Waals surface area contributed by atoms with Gasteiger partial charge in [0, 0.05) is 11.3 Å². The third-order valence-corrected chi connectivity index (χ3v) is 11.5. The van der Waals surface area contributed by atoms with Crippen molar-refractivity contribution >= 4 is 20.2 Å². The summed E-state index contributed by atoms with van der Waals surface area (Å²) in [4.78, 5) is 29.2. The number of carbonyl (C=O) groups excluding carboxylic acids is 2. The van der Waals surface area contributed by atoms with Gasteiger partial charge in [0.25, 0.3) is 0 Å². The van der Waals surface area contributed by atoms with Gasteiger partial charge in [-0.1, -0.05) is 71.9 Å². The van der Waals surface area contributed by atoms with Crippen LogP contribution in [0.4, 0.5) is 0 Å². The summed E-state index contributed by atoms with van der Waals surface area (Å²) in [6, 6.07) is 9.74. The Labute approximate surface area is 201 Å². The maximum Gasteiger partial charge on any atom is 0.336 e. The first kappa shape index (κ1) is 26.0. The Hall–Kier alpha value is -1.66. The van der Waals surface area contributed by atoms with E-state index in [4.69, 9.17) is 9.16 Å². The molecule has 2 aliphatic rings. The lowest BCUT2D eigenvalue weighted by atomic mass is 9.84. The van der Waals surface area contributed by atoms with Crippen LogP contribution in [-0.2, 0) is 18.8 Å². The molecule has 3 atom stereocenters. The molecule has 1 saturated heterocycles. The summed E-state index contributed by atoms with van der Waals surface area (Å²) in [7, 11) is -2.34. The molecule has 1 aromatic rings. The van der Waals surface area contributed by atoms with E-state index in [0.29, 0.717) is 0 Å². The van der Waals surface area contributed by atoms with E-state index in [2.05, 4.69) is 33.9 Å². The molecule has 1 amide bonds. The Kier molecular flexibility index (Phi) is 6.95. The van der Waals surface area contributed by atoms with Crippen molar-refractivity contribution in [1.29, 1.82) is 0 Å². The second-order valence-corrected chi connectivity index (χ2v) is 16.5. The van der Waals surface area contributed by atoms with Crippen molar-refractivity contribution in [2.45, 2.75) is 84.5 Å². The summed E-state index contributed by atoms with van der Waals surface area (Å²) < 4.78 is 12.9. The topological polar surface area (TPSA) is 55.8 Å². The highest BCUT2D eigenvalue weighted by atomic mass is 28.4. The lowest BCUT2D eigenvalue weighted by Gasteiger charge is -2.47. The average molecular weight is 469 g/mol. The number of rotatable bonds is 5. The number of benzene rings is 1. The second kappa shape index (κ2) is 8.84. The summed E-state index contributed by atoms with van der Waals surface area (Å²) in [6.07, 6.45) is 6.09. The highest BCUT2D eigenvalue weighted by Gasteiger charge is 2.63. The van der Waals surface area contributed by atoms with Crippen molar-refractivity contribution in [3.8, 4) is 0 Å². The standard InChI is InChI=1S/C27H38NO4Si/c1-25(2,3)23(29)28-22(20-17-13-14-18-20)31-24(30)27(28,7)21(19-15-11-10-12-16-19)32-33(8,9)26(4,5)6/h10-18,21-22H,1-9H3/t21-,22+,27-/m1/s1.